The molecule has 1 amide bonds. The first-order valence-electron chi connectivity index (χ1n) is 10.0. The van der Waals surface area contributed by atoms with E-state index in [0.717, 1.165) is 17.1 Å². The normalized spacial score (nSPS) is 13.7. The second-order valence-electron chi connectivity index (χ2n) is 6.93. The fourth-order valence-corrected chi connectivity index (χ4v) is 5.83. The van der Waals surface area contributed by atoms with Crippen LogP contribution in [0.1, 0.15) is 19.8 Å². The lowest BCUT2D eigenvalue weighted by molar-refractivity contribution is -0.113. The quantitative estimate of drug-likeness (QED) is 0.468. The molecular formula is C20H22N6O3S3. The van der Waals surface area contributed by atoms with Crippen LogP contribution in [0.25, 0.3) is 10.7 Å². The van der Waals surface area contributed by atoms with E-state index in [0.29, 0.717) is 36.2 Å². The molecule has 0 saturated heterocycles. The number of hydrogen-bond acceptors (Lipinski definition) is 8. The minimum Gasteiger partial charge on any atom is -0.325 e. The lowest BCUT2D eigenvalue weighted by atomic mass is 10.3. The van der Waals surface area contributed by atoms with Gasteiger partial charge in [-0.1, -0.05) is 23.9 Å². The van der Waals surface area contributed by atoms with E-state index in [-0.39, 0.29) is 16.6 Å². The number of thiophene rings is 1. The minimum atomic E-state index is -3.74. The molecule has 3 heterocycles. The zero-order valence-corrected chi connectivity index (χ0v) is 19.8. The Morgan fingerprint density at radius 2 is 2.12 bits per heavy atom. The summed E-state index contributed by atoms with van der Waals surface area (Å²) < 4.78 is 29.6. The van der Waals surface area contributed by atoms with Crippen LogP contribution in [0.15, 0.2) is 56.8 Å². The van der Waals surface area contributed by atoms with Crippen molar-refractivity contribution in [3.8, 4) is 10.7 Å². The van der Waals surface area contributed by atoms with Crippen molar-refractivity contribution in [2.24, 2.45) is 4.99 Å². The van der Waals surface area contributed by atoms with Gasteiger partial charge in [-0.2, -0.15) is 0 Å². The molecule has 3 aromatic rings. The molecule has 0 spiro atoms. The molecule has 0 bridgehead atoms. The number of aliphatic imine (C=N–C) groups is 1. The third-order valence-corrected chi connectivity index (χ3v) is 7.87. The Morgan fingerprint density at radius 3 is 2.84 bits per heavy atom. The highest BCUT2D eigenvalue weighted by atomic mass is 32.2. The van der Waals surface area contributed by atoms with E-state index in [1.807, 2.05) is 29.0 Å². The predicted octanol–water partition coefficient (Wildman–Crippen LogP) is 3.23. The van der Waals surface area contributed by atoms with Crippen molar-refractivity contribution in [1.82, 2.24) is 19.5 Å². The first-order chi connectivity index (χ1) is 15.5. The van der Waals surface area contributed by atoms with Gasteiger partial charge in [0.1, 0.15) is 5.84 Å². The third kappa shape index (κ3) is 5.19. The smallest absolute Gasteiger partial charge is 0.262 e. The molecule has 1 aromatic carbocycles. The molecule has 2 N–H and O–H groups in total. The first-order valence-corrected chi connectivity index (χ1v) is 13.4. The van der Waals surface area contributed by atoms with E-state index in [1.54, 1.807) is 23.5 Å². The molecular weight excluding hydrogens is 468 g/mol. The summed E-state index contributed by atoms with van der Waals surface area (Å²) in [6, 6.07) is 10.1. The van der Waals surface area contributed by atoms with Gasteiger partial charge in [0.2, 0.25) is 5.91 Å². The third-order valence-electron chi connectivity index (χ3n) is 4.66. The predicted molar refractivity (Wildman–Crippen MR) is 127 cm³/mol. The second kappa shape index (κ2) is 9.84. The van der Waals surface area contributed by atoms with E-state index in [9.17, 15) is 13.2 Å². The molecule has 32 heavy (non-hydrogen) atoms. The molecule has 168 valence electrons. The molecule has 4 rings (SSSR count). The van der Waals surface area contributed by atoms with Crippen LogP contribution in [0.4, 0.5) is 5.69 Å². The molecule has 9 nitrogen and oxygen atoms in total. The van der Waals surface area contributed by atoms with Crippen LogP contribution < -0.4 is 10.0 Å². The zero-order valence-electron chi connectivity index (χ0n) is 17.3. The number of benzene rings is 1. The van der Waals surface area contributed by atoms with E-state index in [4.69, 9.17) is 0 Å². The Labute approximate surface area is 194 Å². The summed E-state index contributed by atoms with van der Waals surface area (Å²) in [5, 5.41) is 13.9. The van der Waals surface area contributed by atoms with Crippen LogP contribution >= 0.6 is 23.1 Å². The number of hydrogen-bond donors (Lipinski definition) is 2. The maximum Gasteiger partial charge on any atom is 0.262 e. The Balaban J connectivity index is 1.39. The lowest BCUT2D eigenvalue weighted by Gasteiger charge is -2.10. The van der Waals surface area contributed by atoms with Gasteiger partial charge in [0.15, 0.2) is 11.0 Å². The van der Waals surface area contributed by atoms with E-state index < -0.39 is 10.0 Å². The number of aromatic nitrogens is 3. The summed E-state index contributed by atoms with van der Waals surface area (Å²) in [6.45, 7) is 3.32. The van der Waals surface area contributed by atoms with Gasteiger partial charge in [-0.15, -0.1) is 21.5 Å². The zero-order chi connectivity index (χ0) is 22.6. The largest absolute Gasteiger partial charge is 0.325 e. The molecule has 1 aliphatic heterocycles. The Kier molecular flexibility index (Phi) is 6.92. The molecule has 0 saturated carbocycles. The molecule has 0 fully saturated rings. The molecule has 0 atom stereocenters. The molecule has 0 unspecified atom stereocenters. The second-order valence-corrected chi connectivity index (χ2v) is 10.5. The molecule has 12 heteroatoms. The maximum atomic E-state index is 12.6. The van der Waals surface area contributed by atoms with Gasteiger partial charge in [-0.3, -0.25) is 14.5 Å². The van der Waals surface area contributed by atoms with Crippen LogP contribution in [0.5, 0.6) is 0 Å². The van der Waals surface area contributed by atoms with Crippen LogP contribution in [-0.4, -0.2) is 47.2 Å². The highest BCUT2D eigenvalue weighted by Gasteiger charge is 2.19. The standard InChI is InChI=1S/C20H22N6O3S3/c1-2-26-19(16-8-5-11-30-16)23-24-20(26)31-13-18(27)22-14-6-3-7-15(12-14)32(28,29)25-17-9-4-10-21-17/h3,5-8,11-12H,2,4,9-10,13H2,1H3,(H,21,25)(H,22,27). The van der Waals surface area contributed by atoms with Gasteiger partial charge in [0.25, 0.3) is 10.0 Å². The monoisotopic (exact) mass is 490 g/mol. The number of nitrogens with one attached hydrogen (secondary N) is 2. The Morgan fingerprint density at radius 1 is 1.25 bits per heavy atom. The van der Waals surface area contributed by atoms with Crippen molar-refractivity contribution in [3.63, 3.8) is 0 Å². The molecule has 1 aliphatic rings. The number of sulfonamides is 1. The number of carbonyl (C=O) groups is 1. The van der Waals surface area contributed by atoms with Gasteiger partial charge in [-0.25, -0.2) is 8.42 Å². The van der Waals surface area contributed by atoms with Gasteiger partial charge in [0, 0.05) is 25.2 Å². The summed E-state index contributed by atoms with van der Waals surface area (Å²) in [7, 11) is -3.74. The number of amides is 1. The van der Waals surface area contributed by atoms with Crippen molar-refractivity contribution in [3.05, 3.63) is 41.8 Å². The maximum absolute atomic E-state index is 12.6. The van der Waals surface area contributed by atoms with Crippen molar-refractivity contribution < 1.29 is 13.2 Å². The highest BCUT2D eigenvalue weighted by Crippen LogP contribution is 2.27. The van der Waals surface area contributed by atoms with Crippen LogP contribution in [-0.2, 0) is 21.4 Å². The number of thioether (sulfide) groups is 1. The van der Waals surface area contributed by atoms with Gasteiger partial charge < -0.3 is 9.88 Å². The fraction of sp³-hybridized carbons (Fsp3) is 0.300. The van der Waals surface area contributed by atoms with Crippen molar-refractivity contribution in [2.45, 2.75) is 36.4 Å². The summed E-state index contributed by atoms with van der Waals surface area (Å²) in [6.07, 6.45) is 1.45. The lowest BCUT2D eigenvalue weighted by Crippen LogP contribution is -2.29. The summed E-state index contributed by atoms with van der Waals surface area (Å²) in [4.78, 5) is 17.7. The summed E-state index contributed by atoms with van der Waals surface area (Å²) in [5.74, 6) is 1.11. The van der Waals surface area contributed by atoms with Gasteiger partial charge >= 0.3 is 0 Å². The summed E-state index contributed by atoms with van der Waals surface area (Å²) >= 11 is 2.87. The van der Waals surface area contributed by atoms with Crippen molar-refractivity contribution in [2.75, 3.05) is 17.6 Å². The Bertz CT molecular complexity index is 1240. The number of carbonyl (C=O) groups excluding carboxylic acids is 1. The van der Waals surface area contributed by atoms with Crippen LogP contribution in [0.2, 0.25) is 0 Å². The summed E-state index contributed by atoms with van der Waals surface area (Å²) in [5.41, 5.74) is 0.406. The van der Waals surface area contributed by atoms with Gasteiger partial charge in [-0.05, 0) is 43.0 Å². The van der Waals surface area contributed by atoms with Crippen molar-refractivity contribution >= 4 is 50.6 Å². The Hall–Kier alpha value is -2.70. The topological polar surface area (TPSA) is 118 Å². The number of anilines is 1. The average Bonchev–Trinajstić information content (AvgIpc) is 3.53. The number of rotatable bonds is 8. The van der Waals surface area contributed by atoms with E-state index in [1.165, 1.54) is 23.9 Å². The molecule has 0 aliphatic carbocycles. The highest BCUT2D eigenvalue weighted by molar-refractivity contribution is 7.99. The van der Waals surface area contributed by atoms with Crippen molar-refractivity contribution in [1.29, 1.82) is 0 Å². The SMILES string of the molecule is CCn1c(SCC(=O)Nc2cccc(S(=O)(=O)NC3=NCCC3)c2)nnc1-c1cccs1. The van der Waals surface area contributed by atoms with Gasteiger partial charge in [0.05, 0.1) is 15.5 Å². The van der Waals surface area contributed by atoms with E-state index >= 15 is 0 Å². The van der Waals surface area contributed by atoms with E-state index in [2.05, 4.69) is 25.2 Å². The first kappa shape index (κ1) is 22.5. The fourth-order valence-electron chi connectivity index (χ4n) is 3.17. The number of amidine groups is 1. The average molecular weight is 491 g/mol. The minimum absolute atomic E-state index is 0.0730. The molecule has 2 aromatic heterocycles. The van der Waals surface area contributed by atoms with Crippen LogP contribution in [0.3, 0.4) is 0 Å². The molecule has 0 radical (unpaired) electrons. The van der Waals surface area contributed by atoms with Crippen LogP contribution in [0, 0.1) is 0 Å². The number of nitrogens with zero attached hydrogens (tertiary/aromatic N) is 4.